The lowest BCUT2D eigenvalue weighted by molar-refractivity contribution is 0.152. The highest BCUT2D eigenvalue weighted by atomic mass is 16.6. The molecule has 108 valence electrons. The van der Waals surface area contributed by atoms with Gasteiger partial charge in [-0.15, -0.1) is 0 Å². The Bertz CT molecular complexity index is 481. The number of nitrogens with zero attached hydrogens (tertiary/aromatic N) is 1. The first-order chi connectivity index (χ1) is 9.92. The molecule has 0 aromatic heterocycles. The summed E-state index contributed by atoms with van der Waals surface area (Å²) in [5, 5.41) is 3.44. The van der Waals surface area contributed by atoms with Gasteiger partial charge in [-0.05, 0) is 36.5 Å². The highest BCUT2D eigenvalue weighted by Crippen LogP contribution is 2.46. The van der Waals surface area contributed by atoms with Crippen molar-refractivity contribution >= 4 is 0 Å². The minimum atomic E-state index is 0.563. The number of hydrogen-bond acceptors (Lipinski definition) is 4. The Balaban J connectivity index is 1.62. The number of piperazine rings is 1. The van der Waals surface area contributed by atoms with E-state index in [0.717, 1.165) is 43.6 Å². The Hall–Kier alpha value is -1.26. The monoisotopic (exact) mass is 274 g/mol. The summed E-state index contributed by atoms with van der Waals surface area (Å²) >= 11 is 0. The lowest BCUT2D eigenvalue weighted by atomic mass is 9.99. The maximum atomic E-state index is 5.75. The van der Waals surface area contributed by atoms with E-state index in [0.29, 0.717) is 19.3 Å². The summed E-state index contributed by atoms with van der Waals surface area (Å²) in [4.78, 5) is 2.64. The van der Waals surface area contributed by atoms with Crippen LogP contribution in [0.1, 0.15) is 24.4 Å². The van der Waals surface area contributed by atoms with Crippen molar-refractivity contribution in [3.63, 3.8) is 0 Å². The van der Waals surface area contributed by atoms with E-state index < -0.39 is 0 Å². The molecule has 0 radical (unpaired) electrons. The van der Waals surface area contributed by atoms with Crippen molar-refractivity contribution in [2.45, 2.75) is 18.9 Å². The second-order valence-corrected chi connectivity index (χ2v) is 5.97. The summed E-state index contributed by atoms with van der Waals surface area (Å²) in [5.41, 5.74) is 1.40. The van der Waals surface area contributed by atoms with Crippen LogP contribution in [-0.4, -0.2) is 44.3 Å². The fourth-order valence-electron chi connectivity index (χ4n) is 3.40. The smallest absolute Gasteiger partial charge is 0.161 e. The van der Waals surface area contributed by atoms with E-state index in [-0.39, 0.29) is 0 Å². The van der Waals surface area contributed by atoms with E-state index >= 15 is 0 Å². The minimum absolute atomic E-state index is 0.563. The zero-order valence-electron chi connectivity index (χ0n) is 11.8. The summed E-state index contributed by atoms with van der Waals surface area (Å²) in [6.45, 7) is 5.83. The van der Waals surface area contributed by atoms with Crippen LogP contribution >= 0.6 is 0 Å². The predicted molar refractivity (Wildman–Crippen MR) is 77.3 cm³/mol. The Morgan fingerprint density at radius 3 is 2.55 bits per heavy atom. The lowest BCUT2D eigenvalue weighted by Gasteiger charge is -2.36. The van der Waals surface area contributed by atoms with E-state index in [1.54, 1.807) is 0 Å². The van der Waals surface area contributed by atoms with Crippen LogP contribution in [0.25, 0.3) is 0 Å². The number of hydrogen-bond donors (Lipinski definition) is 1. The summed E-state index contributed by atoms with van der Waals surface area (Å²) in [7, 11) is 0. The highest BCUT2D eigenvalue weighted by molar-refractivity contribution is 5.45. The van der Waals surface area contributed by atoms with Crippen molar-refractivity contribution < 1.29 is 9.47 Å². The molecule has 1 N–H and O–H groups in total. The molecule has 0 spiro atoms. The lowest BCUT2D eigenvalue weighted by Crippen LogP contribution is -2.45. The second kappa shape index (κ2) is 5.26. The van der Waals surface area contributed by atoms with Crippen LogP contribution in [0.3, 0.4) is 0 Å². The number of nitrogens with one attached hydrogen (secondary N) is 1. The van der Waals surface area contributed by atoms with Crippen LogP contribution in [0.15, 0.2) is 18.2 Å². The van der Waals surface area contributed by atoms with Crippen LogP contribution in [0.5, 0.6) is 11.5 Å². The minimum Gasteiger partial charge on any atom is -0.486 e. The molecular formula is C16H22N2O2. The van der Waals surface area contributed by atoms with Gasteiger partial charge in [0.1, 0.15) is 13.2 Å². The zero-order chi connectivity index (χ0) is 13.4. The average Bonchev–Trinajstić information content (AvgIpc) is 3.33. The Morgan fingerprint density at radius 2 is 1.80 bits per heavy atom. The number of benzene rings is 1. The number of fused-ring (bicyclic) bond motifs is 1. The Kier molecular flexibility index (Phi) is 3.28. The first-order valence-corrected chi connectivity index (χ1v) is 7.76. The molecule has 4 heteroatoms. The first-order valence-electron chi connectivity index (χ1n) is 7.76. The van der Waals surface area contributed by atoms with Gasteiger partial charge in [0.15, 0.2) is 11.5 Å². The van der Waals surface area contributed by atoms with Gasteiger partial charge < -0.3 is 14.8 Å². The molecule has 1 saturated heterocycles. The highest BCUT2D eigenvalue weighted by Gasteiger charge is 2.37. The molecule has 2 fully saturated rings. The second-order valence-electron chi connectivity index (χ2n) is 5.97. The Morgan fingerprint density at radius 1 is 1.05 bits per heavy atom. The van der Waals surface area contributed by atoms with Gasteiger partial charge in [-0.1, -0.05) is 6.07 Å². The third-order valence-electron chi connectivity index (χ3n) is 4.52. The molecule has 0 amide bonds. The van der Waals surface area contributed by atoms with Crippen LogP contribution in [-0.2, 0) is 0 Å². The number of ether oxygens (including phenoxy) is 2. The Labute approximate surface area is 120 Å². The molecule has 0 bridgehead atoms. The van der Waals surface area contributed by atoms with Crippen LogP contribution in [0.4, 0.5) is 0 Å². The van der Waals surface area contributed by atoms with E-state index in [2.05, 4.69) is 28.4 Å². The third-order valence-corrected chi connectivity index (χ3v) is 4.52. The van der Waals surface area contributed by atoms with Gasteiger partial charge in [-0.25, -0.2) is 0 Å². The zero-order valence-corrected chi connectivity index (χ0v) is 11.8. The molecule has 0 unspecified atom stereocenters. The molecule has 4 rings (SSSR count). The molecule has 1 aromatic rings. The summed E-state index contributed by atoms with van der Waals surface area (Å²) < 4.78 is 11.4. The summed E-state index contributed by atoms with van der Waals surface area (Å²) in [6, 6.07) is 7.09. The summed E-state index contributed by atoms with van der Waals surface area (Å²) in [5.74, 6) is 2.65. The molecule has 2 heterocycles. The van der Waals surface area contributed by atoms with Crippen molar-refractivity contribution in [1.82, 2.24) is 10.2 Å². The first kappa shape index (κ1) is 12.5. The molecule has 2 aliphatic heterocycles. The molecule has 3 aliphatic rings. The fourth-order valence-corrected chi connectivity index (χ4v) is 3.40. The standard InChI is InChI=1S/C16H22N2O2/c1-2-12(1)16(18-7-5-17-6-8-18)13-3-4-14-15(11-13)20-10-9-19-14/h3-4,11-12,16-17H,1-2,5-10H2/t16-/m0/s1. The summed E-state index contributed by atoms with van der Waals surface area (Å²) in [6.07, 6.45) is 2.73. The van der Waals surface area contributed by atoms with Crippen LogP contribution in [0, 0.1) is 5.92 Å². The largest absolute Gasteiger partial charge is 0.486 e. The molecule has 4 nitrogen and oxygen atoms in total. The van der Waals surface area contributed by atoms with Gasteiger partial charge in [0.25, 0.3) is 0 Å². The maximum Gasteiger partial charge on any atom is 0.161 e. The van der Waals surface area contributed by atoms with Crippen molar-refractivity contribution in [1.29, 1.82) is 0 Å². The quantitative estimate of drug-likeness (QED) is 0.911. The van der Waals surface area contributed by atoms with E-state index in [1.807, 2.05) is 0 Å². The molecule has 1 saturated carbocycles. The van der Waals surface area contributed by atoms with Gasteiger partial charge in [0, 0.05) is 32.2 Å². The van der Waals surface area contributed by atoms with Crippen molar-refractivity contribution in [2.24, 2.45) is 5.92 Å². The van der Waals surface area contributed by atoms with Crippen molar-refractivity contribution in [2.75, 3.05) is 39.4 Å². The van der Waals surface area contributed by atoms with Crippen molar-refractivity contribution in [3.05, 3.63) is 23.8 Å². The normalized spacial score (nSPS) is 24.4. The van der Waals surface area contributed by atoms with Crippen LogP contribution < -0.4 is 14.8 Å². The van der Waals surface area contributed by atoms with E-state index in [4.69, 9.17) is 9.47 Å². The molecular weight excluding hydrogens is 252 g/mol. The van der Waals surface area contributed by atoms with Gasteiger partial charge >= 0.3 is 0 Å². The maximum absolute atomic E-state index is 5.75. The van der Waals surface area contributed by atoms with Crippen molar-refractivity contribution in [3.8, 4) is 11.5 Å². The topological polar surface area (TPSA) is 33.7 Å². The van der Waals surface area contributed by atoms with Gasteiger partial charge in [-0.3, -0.25) is 4.90 Å². The van der Waals surface area contributed by atoms with Gasteiger partial charge in [0.2, 0.25) is 0 Å². The molecule has 20 heavy (non-hydrogen) atoms. The SMILES string of the molecule is c1cc2c(cc1[C@H](C1CC1)N1CCNCC1)OCCO2. The van der Waals surface area contributed by atoms with E-state index in [9.17, 15) is 0 Å². The molecule has 1 aliphatic carbocycles. The fraction of sp³-hybridized carbons (Fsp3) is 0.625. The average molecular weight is 274 g/mol. The van der Waals surface area contributed by atoms with Gasteiger partial charge in [0.05, 0.1) is 0 Å². The van der Waals surface area contributed by atoms with Gasteiger partial charge in [-0.2, -0.15) is 0 Å². The number of rotatable bonds is 3. The molecule has 1 atom stereocenters. The third kappa shape index (κ3) is 2.38. The predicted octanol–water partition coefficient (Wildman–Crippen LogP) is 1.81. The van der Waals surface area contributed by atoms with Crippen LogP contribution in [0.2, 0.25) is 0 Å². The van der Waals surface area contributed by atoms with E-state index in [1.165, 1.54) is 18.4 Å². The molecule has 1 aromatic carbocycles.